The number of nitrogens with zero attached hydrogens (tertiary/aromatic N) is 3. The van der Waals surface area contributed by atoms with Crippen LogP contribution in [-0.2, 0) is 4.74 Å². The summed E-state index contributed by atoms with van der Waals surface area (Å²) in [5, 5.41) is 5.71. The van der Waals surface area contributed by atoms with Crippen molar-refractivity contribution in [3.63, 3.8) is 0 Å². The van der Waals surface area contributed by atoms with Crippen molar-refractivity contribution in [3.05, 3.63) is 10.6 Å². The van der Waals surface area contributed by atoms with Crippen LogP contribution in [0.2, 0.25) is 10.6 Å². The van der Waals surface area contributed by atoms with Gasteiger partial charge in [0.2, 0.25) is 16.5 Å². The molecule has 1 rings (SSSR count). The number of carbonyl (C=O) groups excluding carboxylic acids is 1. The fourth-order valence-corrected chi connectivity index (χ4v) is 1.70. The molecule has 0 bridgehead atoms. The van der Waals surface area contributed by atoms with Crippen LogP contribution in [0.15, 0.2) is 0 Å². The normalized spacial score (nSPS) is 14.2. The second-order valence-corrected chi connectivity index (χ2v) is 6.24. The fraction of sp³-hybridized carbons (Fsp3) is 0.667. The third-order valence-corrected chi connectivity index (χ3v) is 2.77. The molecule has 1 aromatic heterocycles. The van der Waals surface area contributed by atoms with Crippen LogP contribution >= 0.6 is 23.2 Å². The molecular formula is C12H19Cl2N5O2. The molecule has 0 saturated carbocycles. The third kappa shape index (κ3) is 6.77. The largest absolute Gasteiger partial charge is 0.444 e. The third-order valence-electron chi connectivity index (χ3n) is 2.43. The number of nitrogens with one attached hydrogen (secondary N) is 2. The Balaban J connectivity index is 2.58. The van der Waals surface area contributed by atoms with Crippen molar-refractivity contribution in [1.82, 2.24) is 20.3 Å². The maximum absolute atomic E-state index is 11.7. The van der Waals surface area contributed by atoms with Crippen LogP contribution in [0, 0.1) is 0 Å². The zero-order valence-corrected chi connectivity index (χ0v) is 14.1. The lowest BCUT2D eigenvalue weighted by Gasteiger charge is -2.25. The van der Waals surface area contributed by atoms with Crippen LogP contribution in [0.1, 0.15) is 34.6 Å². The number of alkyl carbamates (subject to hydrolysis) is 1. The van der Waals surface area contributed by atoms with E-state index in [0.29, 0.717) is 0 Å². The highest BCUT2D eigenvalue weighted by atomic mass is 35.5. The molecule has 1 aromatic rings. The average molecular weight is 336 g/mol. The number of halogens is 2. The van der Waals surface area contributed by atoms with E-state index < -0.39 is 11.7 Å². The van der Waals surface area contributed by atoms with Crippen molar-refractivity contribution in [3.8, 4) is 0 Å². The highest BCUT2D eigenvalue weighted by Crippen LogP contribution is 2.12. The Morgan fingerprint density at radius 2 is 1.62 bits per heavy atom. The van der Waals surface area contributed by atoms with E-state index in [0.717, 1.165) is 0 Å². The van der Waals surface area contributed by atoms with Gasteiger partial charge in [-0.2, -0.15) is 15.0 Å². The molecule has 2 atom stereocenters. The number of hydrogen-bond acceptors (Lipinski definition) is 6. The number of anilines is 1. The average Bonchev–Trinajstić information content (AvgIpc) is 2.24. The smallest absolute Gasteiger partial charge is 0.407 e. The summed E-state index contributed by atoms with van der Waals surface area (Å²) in [4.78, 5) is 23.1. The molecule has 2 N–H and O–H groups in total. The summed E-state index contributed by atoms with van der Waals surface area (Å²) in [7, 11) is 0. The van der Waals surface area contributed by atoms with Gasteiger partial charge in [-0.25, -0.2) is 4.79 Å². The topological polar surface area (TPSA) is 89.0 Å². The monoisotopic (exact) mass is 335 g/mol. The number of rotatable bonds is 4. The molecule has 0 saturated heterocycles. The minimum absolute atomic E-state index is 0.00236. The van der Waals surface area contributed by atoms with Gasteiger partial charge in [-0.1, -0.05) is 0 Å². The van der Waals surface area contributed by atoms with E-state index in [1.807, 2.05) is 13.8 Å². The highest BCUT2D eigenvalue weighted by molar-refractivity contribution is 6.31. The van der Waals surface area contributed by atoms with Gasteiger partial charge < -0.3 is 15.4 Å². The summed E-state index contributed by atoms with van der Waals surface area (Å²) in [6.07, 6.45) is -0.490. The SMILES string of the molecule is CC(NC(=O)OC(C)(C)C)C(C)Nc1nc(Cl)nc(Cl)n1. The number of hydrogen-bond donors (Lipinski definition) is 2. The van der Waals surface area contributed by atoms with E-state index in [2.05, 4.69) is 25.6 Å². The Morgan fingerprint density at radius 1 is 1.10 bits per heavy atom. The van der Waals surface area contributed by atoms with E-state index in [1.165, 1.54) is 0 Å². The minimum atomic E-state index is -0.546. The molecule has 0 aliphatic carbocycles. The quantitative estimate of drug-likeness (QED) is 0.879. The first kappa shape index (κ1) is 17.7. The Bertz CT molecular complexity index is 487. The summed E-state index contributed by atoms with van der Waals surface area (Å²) in [5.41, 5.74) is -0.546. The molecule has 9 heteroatoms. The maximum atomic E-state index is 11.7. The number of carbonyl (C=O) groups is 1. The van der Waals surface area contributed by atoms with Crippen LogP contribution in [0.25, 0.3) is 0 Å². The number of amides is 1. The van der Waals surface area contributed by atoms with Crippen molar-refractivity contribution >= 4 is 35.2 Å². The predicted molar refractivity (Wildman–Crippen MR) is 81.8 cm³/mol. The molecule has 1 amide bonds. The van der Waals surface area contributed by atoms with Crippen LogP contribution in [0.5, 0.6) is 0 Å². The number of aromatic nitrogens is 3. The van der Waals surface area contributed by atoms with E-state index in [4.69, 9.17) is 27.9 Å². The standard InChI is InChI=1S/C12H19Cl2N5O2/c1-6(7(2)16-11(20)21-12(3,4)5)15-10-18-8(13)17-9(14)19-10/h6-7H,1-5H3,(H,16,20)(H,15,17,18,19). The Morgan fingerprint density at radius 3 is 2.10 bits per heavy atom. The summed E-state index contributed by atoms with van der Waals surface area (Å²) < 4.78 is 5.19. The molecule has 118 valence electrons. The van der Waals surface area contributed by atoms with Gasteiger partial charge in [-0.05, 0) is 57.8 Å². The second kappa shape index (κ2) is 7.09. The van der Waals surface area contributed by atoms with E-state index in [-0.39, 0.29) is 28.6 Å². The molecule has 21 heavy (non-hydrogen) atoms. The summed E-state index contributed by atoms with van der Waals surface area (Å²) >= 11 is 11.4. The first-order valence-electron chi connectivity index (χ1n) is 6.40. The lowest BCUT2D eigenvalue weighted by molar-refractivity contribution is 0.0504. The molecule has 0 fully saturated rings. The highest BCUT2D eigenvalue weighted by Gasteiger charge is 2.21. The predicted octanol–water partition coefficient (Wildman–Crippen LogP) is 2.89. The minimum Gasteiger partial charge on any atom is -0.444 e. The summed E-state index contributed by atoms with van der Waals surface area (Å²) in [6, 6.07) is -0.402. The summed E-state index contributed by atoms with van der Waals surface area (Å²) in [6.45, 7) is 9.08. The Hall–Kier alpha value is -1.34. The first-order chi connectivity index (χ1) is 9.56. The maximum Gasteiger partial charge on any atom is 0.407 e. The Labute approximate surface area is 133 Å². The van der Waals surface area contributed by atoms with Crippen LogP contribution in [0.3, 0.4) is 0 Å². The molecule has 0 spiro atoms. The molecule has 2 unspecified atom stereocenters. The molecule has 0 aliphatic rings. The van der Waals surface area contributed by atoms with Crippen LogP contribution < -0.4 is 10.6 Å². The van der Waals surface area contributed by atoms with Gasteiger partial charge in [0.05, 0.1) is 0 Å². The molecule has 0 radical (unpaired) electrons. The van der Waals surface area contributed by atoms with Gasteiger partial charge in [-0.3, -0.25) is 0 Å². The van der Waals surface area contributed by atoms with Crippen molar-refractivity contribution in [2.24, 2.45) is 0 Å². The molecular weight excluding hydrogens is 317 g/mol. The Kier molecular flexibility index (Phi) is 5.98. The van der Waals surface area contributed by atoms with Gasteiger partial charge >= 0.3 is 6.09 Å². The van der Waals surface area contributed by atoms with Gasteiger partial charge in [0.15, 0.2) is 0 Å². The van der Waals surface area contributed by atoms with E-state index in [9.17, 15) is 4.79 Å². The van der Waals surface area contributed by atoms with E-state index in [1.54, 1.807) is 20.8 Å². The van der Waals surface area contributed by atoms with Crippen molar-refractivity contribution in [2.75, 3.05) is 5.32 Å². The van der Waals surface area contributed by atoms with Crippen molar-refractivity contribution in [2.45, 2.75) is 52.3 Å². The van der Waals surface area contributed by atoms with Gasteiger partial charge in [0, 0.05) is 12.1 Å². The summed E-state index contributed by atoms with van der Waals surface area (Å²) in [5.74, 6) is 0.241. The lowest BCUT2D eigenvalue weighted by Crippen LogP contribution is -2.45. The van der Waals surface area contributed by atoms with Gasteiger partial charge in [0.1, 0.15) is 5.60 Å². The van der Waals surface area contributed by atoms with Gasteiger partial charge in [0.25, 0.3) is 0 Å². The van der Waals surface area contributed by atoms with Crippen molar-refractivity contribution in [1.29, 1.82) is 0 Å². The van der Waals surface area contributed by atoms with Crippen LogP contribution in [0.4, 0.5) is 10.7 Å². The molecule has 7 nitrogen and oxygen atoms in total. The van der Waals surface area contributed by atoms with Crippen molar-refractivity contribution < 1.29 is 9.53 Å². The zero-order chi connectivity index (χ0) is 16.2. The lowest BCUT2D eigenvalue weighted by atomic mass is 10.2. The second-order valence-electron chi connectivity index (χ2n) is 5.56. The molecule has 0 aromatic carbocycles. The number of ether oxygens (including phenoxy) is 1. The zero-order valence-electron chi connectivity index (χ0n) is 12.6. The van der Waals surface area contributed by atoms with E-state index >= 15 is 0 Å². The fourth-order valence-electron chi connectivity index (χ4n) is 1.34. The van der Waals surface area contributed by atoms with Crippen LogP contribution in [-0.4, -0.2) is 38.7 Å². The first-order valence-corrected chi connectivity index (χ1v) is 7.15. The molecule has 0 aliphatic heterocycles. The molecule has 1 heterocycles. The van der Waals surface area contributed by atoms with Gasteiger partial charge in [-0.15, -0.1) is 0 Å².